The molecule has 114 valence electrons. The Bertz CT molecular complexity index is 444. The molecule has 0 aliphatic carbocycles. The van der Waals surface area contributed by atoms with Crippen molar-refractivity contribution >= 4 is 40.2 Å². The highest BCUT2D eigenvalue weighted by Crippen LogP contribution is 2.40. The van der Waals surface area contributed by atoms with E-state index in [2.05, 4.69) is 12.2 Å². The Morgan fingerprint density at radius 1 is 1.20 bits per heavy atom. The Morgan fingerprint density at radius 3 is 1.85 bits per heavy atom. The van der Waals surface area contributed by atoms with Crippen LogP contribution in [0.15, 0.2) is 0 Å². The molecule has 0 bridgehead atoms. The normalized spacial score (nSPS) is 23.2. The number of carboxylic acid groups (broad SMARTS) is 1. The van der Waals surface area contributed by atoms with Gasteiger partial charge in [-0.1, -0.05) is 0 Å². The van der Waals surface area contributed by atoms with Crippen molar-refractivity contribution in [3.63, 3.8) is 0 Å². The summed E-state index contributed by atoms with van der Waals surface area (Å²) in [5.74, 6) is -3.55. The number of carbonyl (C=O) groups excluding carboxylic acids is 1. The molecular weight excluding hydrogens is 336 g/mol. The smallest absolute Gasteiger partial charge is 0.439 e. The number of quaternary nitrogens is 1. The van der Waals surface area contributed by atoms with Gasteiger partial charge < -0.3 is 5.11 Å². The van der Waals surface area contributed by atoms with Gasteiger partial charge in [0.25, 0.3) is 0 Å². The summed E-state index contributed by atoms with van der Waals surface area (Å²) in [6.07, 6.45) is -10.2. The van der Waals surface area contributed by atoms with E-state index in [1.165, 1.54) is 0 Å². The predicted octanol–water partition coefficient (Wildman–Crippen LogP) is 1.94. The summed E-state index contributed by atoms with van der Waals surface area (Å²) in [7, 11) is 0. The molecular formula is C8H6F6NO3S2+. The van der Waals surface area contributed by atoms with Gasteiger partial charge in [0.1, 0.15) is 0 Å². The molecule has 1 aliphatic rings. The minimum Gasteiger partial charge on any atom is -0.480 e. The van der Waals surface area contributed by atoms with E-state index in [9.17, 15) is 35.9 Å². The number of aliphatic carboxylic acids is 1. The highest BCUT2D eigenvalue weighted by Gasteiger charge is 2.64. The maximum Gasteiger partial charge on any atom is 0.439 e. The van der Waals surface area contributed by atoms with Gasteiger partial charge in [0.15, 0.2) is 13.1 Å². The number of halogens is 6. The lowest BCUT2D eigenvalue weighted by Crippen LogP contribution is -2.61. The summed E-state index contributed by atoms with van der Waals surface area (Å²) in [6.45, 7) is -4.36. The zero-order valence-corrected chi connectivity index (χ0v) is 10.9. The second kappa shape index (κ2) is 5.15. The van der Waals surface area contributed by atoms with Crippen molar-refractivity contribution < 1.29 is 45.5 Å². The van der Waals surface area contributed by atoms with Crippen molar-refractivity contribution in [2.45, 2.75) is 17.6 Å². The van der Waals surface area contributed by atoms with Gasteiger partial charge in [0, 0.05) is 0 Å². The third kappa shape index (κ3) is 3.61. The van der Waals surface area contributed by atoms with E-state index in [0.717, 1.165) is 0 Å². The molecule has 1 fully saturated rings. The summed E-state index contributed by atoms with van der Waals surface area (Å²) in [5.41, 5.74) is 0. The Balaban J connectivity index is 3.27. The van der Waals surface area contributed by atoms with Crippen LogP contribution < -0.4 is 0 Å². The molecule has 0 spiro atoms. The molecule has 4 nitrogen and oxygen atoms in total. The first-order valence-electron chi connectivity index (χ1n) is 4.77. The number of hydrogen-bond acceptors (Lipinski definition) is 4. The minimum absolute atomic E-state index is 0.0247. The summed E-state index contributed by atoms with van der Waals surface area (Å²) in [4.78, 5) is 22.4. The van der Waals surface area contributed by atoms with Crippen LogP contribution in [0.2, 0.25) is 0 Å². The topological polar surface area (TPSA) is 54.4 Å². The Kier molecular flexibility index (Phi) is 4.42. The third-order valence-corrected chi connectivity index (χ3v) is 4.17. The second-order valence-electron chi connectivity index (χ2n) is 3.95. The van der Waals surface area contributed by atoms with Crippen molar-refractivity contribution in [2.75, 3.05) is 13.1 Å². The summed E-state index contributed by atoms with van der Waals surface area (Å²) < 4.78 is 71.5. The van der Waals surface area contributed by atoms with Gasteiger partial charge in [-0.25, -0.2) is 4.79 Å². The molecule has 1 saturated heterocycles. The number of thiocarbonyl (C=S) groups is 1. The highest BCUT2D eigenvalue weighted by atomic mass is 32.2. The maximum absolute atomic E-state index is 12.5. The van der Waals surface area contributed by atoms with Crippen LogP contribution in [-0.4, -0.2) is 56.5 Å². The zero-order chi connectivity index (χ0) is 15.9. The first kappa shape index (κ1) is 17.2. The molecule has 20 heavy (non-hydrogen) atoms. The number of carboxylic acids is 1. The van der Waals surface area contributed by atoms with Crippen LogP contribution in [0.25, 0.3) is 0 Å². The van der Waals surface area contributed by atoms with Crippen LogP contribution >= 0.6 is 24.0 Å². The Labute approximate surface area is 117 Å². The van der Waals surface area contributed by atoms with Gasteiger partial charge in [-0.3, -0.25) is 4.79 Å². The average molecular weight is 342 g/mol. The Hall–Kier alpha value is -0.880. The largest absolute Gasteiger partial charge is 0.480 e. The molecule has 0 saturated carbocycles. The minimum atomic E-state index is -5.11. The lowest BCUT2D eigenvalue weighted by atomic mass is 10.2. The molecule has 0 aromatic rings. The molecule has 1 rings (SSSR count). The van der Waals surface area contributed by atoms with Crippen LogP contribution in [-0.2, 0) is 9.59 Å². The van der Waals surface area contributed by atoms with E-state index in [1.807, 2.05) is 0 Å². The van der Waals surface area contributed by atoms with Crippen LogP contribution in [0.5, 0.6) is 0 Å². The fourth-order valence-electron chi connectivity index (χ4n) is 1.68. The van der Waals surface area contributed by atoms with Crippen LogP contribution in [0.4, 0.5) is 26.3 Å². The number of hydrogen-bond donors (Lipinski definition) is 1. The standard InChI is InChI=1S/C8H5F6NO3S2/c9-7(10,11)1-15(2-8(12,13)14)4(16)3(5(17)18)20-6(15)19/h3H,1-2H2/p+1. The van der Waals surface area contributed by atoms with Crippen molar-refractivity contribution in [3.05, 3.63) is 0 Å². The van der Waals surface area contributed by atoms with Gasteiger partial charge in [0.2, 0.25) is 9.57 Å². The monoisotopic (exact) mass is 342 g/mol. The molecule has 0 aromatic heterocycles. The van der Waals surface area contributed by atoms with E-state index in [0.29, 0.717) is 0 Å². The van der Waals surface area contributed by atoms with E-state index in [4.69, 9.17) is 5.11 Å². The van der Waals surface area contributed by atoms with Gasteiger partial charge in [-0.05, 0) is 24.0 Å². The fraction of sp³-hybridized carbons (Fsp3) is 0.625. The number of nitrogens with zero attached hydrogens (tertiary/aromatic N) is 1. The van der Waals surface area contributed by atoms with Crippen LogP contribution in [0.3, 0.4) is 0 Å². The summed E-state index contributed by atoms with van der Waals surface area (Å²) in [5, 5.41) is 6.59. The van der Waals surface area contributed by atoms with Crippen LogP contribution in [0, 0.1) is 0 Å². The van der Waals surface area contributed by atoms with Gasteiger partial charge in [-0.15, -0.1) is 0 Å². The van der Waals surface area contributed by atoms with Crippen LogP contribution in [0.1, 0.15) is 0 Å². The quantitative estimate of drug-likeness (QED) is 0.368. The SMILES string of the molecule is O=C(O)C1SC(=S)[N+](CC(F)(F)F)(CC(F)(F)F)C1=O. The second-order valence-corrected chi connectivity index (χ2v) is 5.69. The van der Waals surface area contributed by atoms with E-state index >= 15 is 0 Å². The highest BCUT2D eigenvalue weighted by molar-refractivity contribution is 8.24. The lowest BCUT2D eigenvalue weighted by Gasteiger charge is -2.31. The number of thioether (sulfide) groups is 1. The molecule has 1 aliphatic heterocycles. The molecule has 1 heterocycles. The number of alkyl halides is 6. The molecule has 1 atom stereocenters. The number of amides is 1. The van der Waals surface area contributed by atoms with Crippen molar-refractivity contribution in [1.29, 1.82) is 0 Å². The molecule has 12 heteroatoms. The van der Waals surface area contributed by atoms with Crippen molar-refractivity contribution in [1.82, 2.24) is 0 Å². The maximum atomic E-state index is 12.5. The van der Waals surface area contributed by atoms with Crippen molar-refractivity contribution in [2.24, 2.45) is 0 Å². The third-order valence-electron chi connectivity index (χ3n) is 2.34. The molecule has 0 radical (unpaired) electrons. The van der Waals surface area contributed by atoms with Crippen molar-refractivity contribution in [3.8, 4) is 0 Å². The van der Waals surface area contributed by atoms with Gasteiger partial charge in [0.05, 0.1) is 0 Å². The first-order chi connectivity index (χ1) is 8.78. The summed E-state index contributed by atoms with van der Waals surface area (Å²) in [6, 6.07) is 0. The summed E-state index contributed by atoms with van der Waals surface area (Å²) >= 11 is 4.44. The van der Waals surface area contributed by atoms with Gasteiger partial charge in [-0.2, -0.15) is 30.8 Å². The molecule has 1 N–H and O–H groups in total. The van der Waals surface area contributed by atoms with Gasteiger partial charge >= 0.3 is 24.2 Å². The zero-order valence-electron chi connectivity index (χ0n) is 9.29. The van der Waals surface area contributed by atoms with E-state index in [1.54, 1.807) is 0 Å². The lowest BCUT2D eigenvalue weighted by molar-refractivity contribution is -0.783. The van der Waals surface area contributed by atoms with E-state index < -0.39 is 51.4 Å². The number of rotatable bonds is 3. The number of carbonyl (C=O) groups is 2. The van der Waals surface area contributed by atoms with E-state index in [-0.39, 0.29) is 11.8 Å². The average Bonchev–Trinajstić information content (AvgIpc) is 2.38. The molecule has 1 unspecified atom stereocenters. The molecule has 1 amide bonds. The Morgan fingerprint density at radius 2 is 1.60 bits per heavy atom. The fourth-order valence-corrected chi connectivity index (χ4v) is 3.21. The molecule has 0 aromatic carbocycles. The predicted molar refractivity (Wildman–Crippen MR) is 58.7 cm³/mol. The first-order valence-corrected chi connectivity index (χ1v) is 6.06.